The van der Waals surface area contributed by atoms with E-state index in [4.69, 9.17) is 0 Å². The third-order valence-electron chi connectivity index (χ3n) is 2.52. The van der Waals surface area contributed by atoms with Crippen LogP contribution in [0.1, 0.15) is 13.8 Å². The number of rotatable bonds is 7. The summed E-state index contributed by atoms with van der Waals surface area (Å²) >= 11 is 0. The summed E-state index contributed by atoms with van der Waals surface area (Å²) in [5.41, 5.74) is 0.437. The van der Waals surface area contributed by atoms with E-state index in [-0.39, 0.29) is 10.8 Å². The van der Waals surface area contributed by atoms with Crippen LogP contribution in [0.15, 0.2) is 29.2 Å². The van der Waals surface area contributed by atoms with Crippen molar-refractivity contribution < 1.29 is 27.9 Å². The molecule has 10 heteroatoms. The van der Waals surface area contributed by atoms with Gasteiger partial charge in [-0.1, -0.05) is 0 Å². The van der Waals surface area contributed by atoms with Gasteiger partial charge in [0.05, 0.1) is 16.9 Å². The minimum absolute atomic E-state index is 0.0449. The maximum absolute atomic E-state index is 12.1. The minimum atomic E-state index is -3.81. The predicted molar refractivity (Wildman–Crippen MR) is 83.0 cm³/mol. The Morgan fingerprint density at radius 2 is 1.70 bits per heavy atom. The number of nitrogens with one attached hydrogen (secondary N) is 2. The summed E-state index contributed by atoms with van der Waals surface area (Å²) in [5, 5.41) is 15.5. The minimum Gasteiger partial charge on any atom is -0.548 e. The largest absolute Gasteiger partial charge is 0.548 e. The van der Waals surface area contributed by atoms with Crippen LogP contribution in [0.3, 0.4) is 0 Å². The SMILES string of the molecule is CC(=O)Nc1ccc(S(=O)(=O)SCC(NC(C)=O)C(=O)[O-])cc1. The van der Waals surface area contributed by atoms with E-state index in [1.54, 1.807) is 0 Å². The number of hydrogen-bond acceptors (Lipinski definition) is 7. The Labute approximate surface area is 137 Å². The van der Waals surface area contributed by atoms with Crippen molar-refractivity contribution in [3.8, 4) is 0 Å². The summed E-state index contributed by atoms with van der Waals surface area (Å²) in [7, 11) is -3.43. The molecule has 0 aliphatic heterocycles. The van der Waals surface area contributed by atoms with Crippen LogP contribution in [0.5, 0.6) is 0 Å². The highest BCUT2D eigenvalue weighted by atomic mass is 33.1. The summed E-state index contributed by atoms with van der Waals surface area (Å²) in [6.07, 6.45) is 0. The van der Waals surface area contributed by atoms with Gasteiger partial charge in [0, 0.05) is 25.3 Å². The summed E-state index contributed by atoms with van der Waals surface area (Å²) in [6.45, 7) is 2.44. The lowest BCUT2D eigenvalue weighted by Gasteiger charge is -2.18. The van der Waals surface area contributed by atoms with Crippen molar-refractivity contribution in [2.75, 3.05) is 11.1 Å². The van der Waals surface area contributed by atoms with E-state index in [1.807, 2.05) is 0 Å². The van der Waals surface area contributed by atoms with Gasteiger partial charge in [-0.25, -0.2) is 8.42 Å². The van der Waals surface area contributed by atoms with E-state index in [1.165, 1.54) is 31.2 Å². The molecule has 1 unspecified atom stereocenters. The van der Waals surface area contributed by atoms with Crippen LogP contribution >= 0.6 is 10.8 Å². The average Bonchev–Trinajstić information content (AvgIpc) is 2.42. The fourth-order valence-electron chi connectivity index (χ4n) is 1.55. The van der Waals surface area contributed by atoms with Crippen LogP contribution < -0.4 is 15.7 Å². The molecule has 1 rings (SSSR count). The van der Waals surface area contributed by atoms with E-state index < -0.39 is 32.5 Å². The smallest absolute Gasteiger partial charge is 0.230 e. The molecule has 2 N–H and O–H groups in total. The van der Waals surface area contributed by atoms with E-state index in [0.29, 0.717) is 16.5 Å². The van der Waals surface area contributed by atoms with Crippen molar-refractivity contribution in [2.45, 2.75) is 24.8 Å². The molecule has 0 aromatic heterocycles. The first-order valence-electron chi connectivity index (χ1n) is 6.37. The normalized spacial score (nSPS) is 12.3. The van der Waals surface area contributed by atoms with Crippen molar-refractivity contribution in [1.82, 2.24) is 5.32 Å². The zero-order valence-electron chi connectivity index (χ0n) is 12.4. The monoisotopic (exact) mass is 359 g/mol. The van der Waals surface area contributed by atoms with Crippen LogP contribution in [-0.4, -0.2) is 38.0 Å². The number of carbonyl (C=O) groups is 3. The van der Waals surface area contributed by atoms with Gasteiger partial charge in [-0.15, -0.1) is 0 Å². The highest BCUT2D eigenvalue weighted by Crippen LogP contribution is 2.25. The molecule has 1 atom stereocenters. The molecule has 8 nitrogen and oxygen atoms in total. The van der Waals surface area contributed by atoms with Crippen LogP contribution in [0, 0.1) is 0 Å². The van der Waals surface area contributed by atoms with Crippen LogP contribution in [-0.2, 0) is 23.3 Å². The van der Waals surface area contributed by atoms with Crippen molar-refractivity contribution in [1.29, 1.82) is 0 Å². The molecule has 0 saturated carbocycles. The Balaban J connectivity index is 2.80. The van der Waals surface area contributed by atoms with Gasteiger partial charge in [0.2, 0.25) is 20.7 Å². The van der Waals surface area contributed by atoms with Crippen LogP contribution in [0.4, 0.5) is 5.69 Å². The second-order valence-corrected chi connectivity index (χ2v) is 8.49. The van der Waals surface area contributed by atoms with Gasteiger partial charge < -0.3 is 20.5 Å². The first-order chi connectivity index (χ1) is 10.6. The maximum Gasteiger partial charge on any atom is 0.230 e. The molecule has 1 aromatic rings. The number of carbonyl (C=O) groups excluding carboxylic acids is 3. The van der Waals surface area contributed by atoms with Crippen molar-refractivity contribution in [2.24, 2.45) is 0 Å². The first-order valence-corrected chi connectivity index (χ1v) is 9.35. The molecule has 0 spiro atoms. The molecule has 0 aliphatic carbocycles. The number of aliphatic carboxylic acids is 1. The quantitative estimate of drug-likeness (QED) is 0.616. The second-order valence-electron chi connectivity index (χ2n) is 4.52. The van der Waals surface area contributed by atoms with Gasteiger partial charge >= 0.3 is 0 Å². The number of anilines is 1. The molecule has 0 fully saturated rings. The van der Waals surface area contributed by atoms with Crippen molar-refractivity contribution >= 4 is 43.1 Å². The Morgan fingerprint density at radius 1 is 1.13 bits per heavy atom. The molecule has 2 amide bonds. The van der Waals surface area contributed by atoms with Gasteiger partial charge in [0.15, 0.2) is 0 Å². The van der Waals surface area contributed by atoms with Gasteiger partial charge in [-0.2, -0.15) is 0 Å². The number of benzene rings is 1. The molecule has 23 heavy (non-hydrogen) atoms. The van der Waals surface area contributed by atoms with Crippen LogP contribution in [0.2, 0.25) is 0 Å². The third-order valence-corrected chi connectivity index (χ3v) is 6.06. The lowest BCUT2D eigenvalue weighted by molar-refractivity contribution is -0.307. The fourth-order valence-corrected chi connectivity index (χ4v) is 4.38. The number of carboxylic acids is 1. The lowest BCUT2D eigenvalue weighted by Crippen LogP contribution is -2.48. The van der Waals surface area contributed by atoms with Gasteiger partial charge in [-0.3, -0.25) is 9.59 Å². The number of carboxylic acid groups (broad SMARTS) is 1. The molecule has 0 saturated heterocycles. The molecule has 0 bridgehead atoms. The van der Waals surface area contributed by atoms with Gasteiger partial charge in [0.25, 0.3) is 0 Å². The Kier molecular flexibility index (Phi) is 6.58. The van der Waals surface area contributed by atoms with E-state index in [9.17, 15) is 27.9 Å². The summed E-state index contributed by atoms with van der Waals surface area (Å²) in [5.74, 6) is -2.85. The Morgan fingerprint density at radius 3 is 2.13 bits per heavy atom. The second kappa shape index (κ2) is 7.97. The van der Waals surface area contributed by atoms with Gasteiger partial charge in [0.1, 0.15) is 0 Å². The predicted octanol–water partition coefficient (Wildman–Crippen LogP) is -0.678. The lowest BCUT2D eigenvalue weighted by atomic mass is 10.3. The highest BCUT2D eigenvalue weighted by Gasteiger charge is 2.20. The molecule has 1 aromatic carbocycles. The third kappa shape index (κ3) is 6.28. The summed E-state index contributed by atoms with van der Waals surface area (Å²) < 4.78 is 24.3. The molecular weight excluding hydrogens is 344 g/mol. The number of amides is 2. The standard InChI is InChI=1S/C13H16N2O6S2/c1-8(16)14-10-3-5-11(6-4-10)23(20,21)22-7-12(13(18)19)15-9(2)17/h3-6,12H,7H2,1-2H3,(H,14,16)(H,15,17)(H,18,19)/p-1. The van der Waals surface area contributed by atoms with E-state index in [0.717, 1.165) is 6.92 Å². The zero-order chi connectivity index (χ0) is 17.6. The maximum atomic E-state index is 12.1. The Hall–Kier alpha value is -2.07. The average molecular weight is 359 g/mol. The fraction of sp³-hybridized carbons (Fsp3) is 0.308. The summed E-state index contributed by atoms with van der Waals surface area (Å²) in [4.78, 5) is 32.6. The molecule has 0 radical (unpaired) electrons. The number of hydrogen-bond donors (Lipinski definition) is 2. The zero-order valence-corrected chi connectivity index (χ0v) is 14.0. The molecular formula is C13H15N2O6S2-. The summed E-state index contributed by atoms with van der Waals surface area (Å²) in [6, 6.07) is 4.00. The van der Waals surface area contributed by atoms with E-state index in [2.05, 4.69) is 10.6 Å². The molecule has 126 valence electrons. The molecule has 0 aliphatic rings. The first kappa shape index (κ1) is 19.0. The van der Waals surface area contributed by atoms with Gasteiger partial charge in [-0.05, 0) is 35.1 Å². The topological polar surface area (TPSA) is 132 Å². The van der Waals surface area contributed by atoms with Crippen LogP contribution in [0.25, 0.3) is 0 Å². The molecule has 0 heterocycles. The Bertz CT molecular complexity index is 700. The van der Waals surface area contributed by atoms with E-state index >= 15 is 0 Å². The van der Waals surface area contributed by atoms with Crippen molar-refractivity contribution in [3.63, 3.8) is 0 Å². The highest BCUT2D eigenvalue weighted by molar-refractivity contribution is 8.72. The van der Waals surface area contributed by atoms with Crippen molar-refractivity contribution in [3.05, 3.63) is 24.3 Å².